The molecule has 3 rings (SSSR count). The van der Waals surface area contributed by atoms with Crippen molar-refractivity contribution in [2.75, 3.05) is 12.4 Å². The van der Waals surface area contributed by atoms with Crippen LogP contribution in [0.3, 0.4) is 0 Å². The second-order valence-corrected chi connectivity index (χ2v) is 11.6. The predicted octanol–water partition coefficient (Wildman–Crippen LogP) is 6.15. The normalized spacial score (nSPS) is 13.3. The molecule has 0 aromatic heterocycles. The molecule has 0 aliphatic rings. The molecule has 3 N–H and O–H groups in total. The summed E-state index contributed by atoms with van der Waals surface area (Å²) in [5.74, 6) is -0.172. The van der Waals surface area contributed by atoms with Crippen LogP contribution in [0.5, 0.6) is 11.5 Å². The van der Waals surface area contributed by atoms with Gasteiger partial charge in [-0.1, -0.05) is 43.3 Å². The van der Waals surface area contributed by atoms with Gasteiger partial charge >= 0.3 is 6.09 Å². The summed E-state index contributed by atoms with van der Waals surface area (Å²) in [6.07, 6.45) is -0.00187. The first-order chi connectivity index (χ1) is 20.3. The topological polar surface area (TPSA) is 117 Å². The Labute approximate surface area is 254 Å². The second-order valence-electron chi connectivity index (χ2n) is 11.6. The van der Waals surface area contributed by atoms with Crippen molar-refractivity contribution in [2.45, 2.75) is 78.1 Å². The standard InChI is InChI=1S/C34H43N3O6/c1-8-23(3)37(32(40)28(21-24-12-10-9-11-13-24)36-33(41)43-34(4,5)6)30(25-14-19-29(38)22(2)20-25)31(39)35-26-15-17-27(42-7)18-16-26/h9-20,23,28,30,38H,8,21H2,1-7H3,(H,35,39)(H,36,41). The number of benzene rings is 3. The largest absolute Gasteiger partial charge is 0.508 e. The number of rotatable bonds is 11. The van der Waals surface area contributed by atoms with Gasteiger partial charge in [-0.25, -0.2) is 4.79 Å². The number of anilines is 1. The summed E-state index contributed by atoms with van der Waals surface area (Å²) in [6, 6.07) is 18.6. The first kappa shape index (κ1) is 33.0. The number of phenolic OH excluding ortho intramolecular Hbond substituents is 1. The fourth-order valence-electron chi connectivity index (χ4n) is 4.65. The molecule has 0 bridgehead atoms. The quantitative estimate of drug-likeness (QED) is 0.247. The summed E-state index contributed by atoms with van der Waals surface area (Å²) in [7, 11) is 1.56. The fraction of sp³-hybridized carbons (Fsp3) is 0.382. The van der Waals surface area contributed by atoms with Gasteiger partial charge in [-0.2, -0.15) is 0 Å². The van der Waals surface area contributed by atoms with Gasteiger partial charge in [0.15, 0.2) is 0 Å². The Morgan fingerprint density at radius 3 is 2.19 bits per heavy atom. The van der Waals surface area contributed by atoms with E-state index < -0.39 is 41.6 Å². The van der Waals surface area contributed by atoms with Crippen LogP contribution < -0.4 is 15.4 Å². The second kappa shape index (κ2) is 14.6. The van der Waals surface area contributed by atoms with E-state index in [0.29, 0.717) is 29.0 Å². The van der Waals surface area contributed by atoms with Crippen LogP contribution in [-0.2, 0) is 20.7 Å². The average molecular weight is 590 g/mol. The zero-order valence-corrected chi connectivity index (χ0v) is 26.0. The van der Waals surface area contributed by atoms with Crippen molar-refractivity contribution in [3.8, 4) is 11.5 Å². The molecule has 9 nitrogen and oxygen atoms in total. The lowest BCUT2D eigenvalue weighted by atomic mass is 9.96. The van der Waals surface area contributed by atoms with Crippen molar-refractivity contribution >= 4 is 23.6 Å². The van der Waals surface area contributed by atoms with Crippen LogP contribution in [0.25, 0.3) is 0 Å². The Hall–Kier alpha value is -4.53. The molecule has 0 aliphatic carbocycles. The van der Waals surface area contributed by atoms with E-state index in [-0.39, 0.29) is 12.2 Å². The number of ether oxygens (including phenoxy) is 2. The van der Waals surface area contributed by atoms with Gasteiger partial charge in [-0.05, 0) is 94.1 Å². The van der Waals surface area contributed by atoms with Gasteiger partial charge in [-0.15, -0.1) is 0 Å². The summed E-state index contributed by atoms with van der Waals surface area (Å²) < 4.78 is 10.7. The minimum absolute atomic E-state index is 0.0769. The number of phenols is 1. The molecule has 9 heteroatoms. The minimum Gasteiger partial charge on any atom is -0.508 e. The minimum atomic E-state index is -1.08. The Balaban J connectivity index is 2.09. The molecule has 43 heavy (non-hydrogen) atoms. The summed E-state index contributed by atoms with van der Waals surface area (Å²) >= 11 is 0. The van der Waals surface area contributed by atoms with E-state index in [1.807, 2.05) is 44.2 Å². The molecule has 230 valence electrons. The van der Waals surface area contributed by atoms with Gasteiger partial charge in [0, 0.05) is 18.2 Å². The van der Waals surface area contributed by atoms with E-state index in [9.17, 15) is 19.5 Å². The zero-order valence-electron chi connectivity index (χ0n) is 26.0. The number of aryl methyl sites for hydroxylation is 1. The Morgan fingerprint density at radius 1 is 0.977 bits per heavy atom. The highest BCUT2D eigenvalue weighted by Gasteiger charge is 2.39. The monoisotopic (exact) mass is 589 g/mol. The molecule has 0 saturated carbocycles. The lowest BCUT2D eigenvalue weighted by Gasteiger charge is -2.38. The van der Waals surface area contributed by atoms with E-state index in [1.165, 1.54) is 11.0 Å². The van der Waals surface area contributed by atoms with E-state index in [1.54, 1.807) is 71.2 Å². The first-order valence-electron chi connectivity index (χ1n) is 14.4. The van der Waals surface area contributed by atoms with Crippen LogP contribution >= 0.6 is 0 Å². The van der Waals surface area contributed by atoms with E-state index in [0.717, 1.165) is 5.56 Å². The number of amides is 3. The lowest BCUT2D eigenvalue weighted by Crippen LogP contribution is -2.55. The van der Waals surface area contributed by atoms with Crippen molar-refractivity contribution in [1.82, 2.24) is 10.2 Å². The number of hydrogen-bond donors (Lipinski definition) is 3. The highest BCUT2D eigenvalue weighted by Crippen LogP contribution is 2.31. The van der Waals surface area contributed by atoms with Crippen molar-refractivity contribution in [3.63, 3.8) is 0 Å². The summed E-state index contributed by atoms with van der Waals surface area (Å²) in [6.45, 7) is 10.8. The number of alkyl carbamates (subject to hydrolysis) is 1. The molecule has 3 unspecified atom stereocenters. The SMILES string of the molecule is CCC(C)N(C(=O)C(Cc1ccccc1)NC(=O)OC(C)(C)C)C(C(=O)Nc1ccc(OC)cc1)c1ccc(O)c(C)c1. The number of nitrogens with zero attached hydrogens (tertiary/aromatic N) is 1. The maximum absolute atomic E-state index is 14.6. The molecule has 3 aromatic rings. The third-order valence-electron chi connectivity index (χ3n) is 7.01. The third kappa shape index (κ3) is 9.23. The number of methoxy groups -OCH3 is 1. The van der Waals surface area contributed by atoms with E-state index in [2.05, 4.69) is 10.6 Å². The predicted molar refractivity (Wildman–Crippen MR) is 167 cm³/mol. The molecule has 0 saturated heterocycles. The number of carbonyl (C=O) groups excluding carboxylic acids is 3. The molecule has 0 fully saturated rings. The van der Waals surface area contributed by atoms with Crippen molar-refractivity contribution in [2.24, 2.45) is 0 Å². The van der Waals surface area contributed by atoms with Crippen LogP contribution in [0.15, 0.2) is 72.8 Å². The van der Waals surface area contributed by atoms with Crippen LogP contribution in [0.2, 0.25) is 0 Å². The highest BCUT2D eigenvalue weighted by molar-refractivity contribution is 5.99. The highest BCUT2D eigenvalue weighted by atomic mass is 16.6. The number of carbonyl (C=O) groups is 3. The number of aromatic hydroxyl groups is 1. The molecule has 0 spiro atoms. The van der Waals surface area contributed by atoms with Crippen LogP contribution in [0.4, 0.5) is 10.5 Å². The van der Waals surface area contributed by atoms with Crippen molar-refractivity contribution in [3.05, 3.63) is 89.5 Å². The van der Waals surface area contributed by atoms with E-state index >= 15 is 0 Å². The zero-order chi connectivity index (χ0) is 31.7. The molecule has 3 atom stereocenters. The molecule has 3 aromatic carbocycles. The van der Waals surface area contributed by atoms with Crippen LogP contribution in [-0.4, -0.2) is 52.7 Å². The molecular formula is C34H43N3O6. The molecule has 0 radical (unpaired) electrons. The first-order valence-corrected chi connectivity index (χ1v) is 14.4. The number of hydrogen-bond acceptors (Lipinski definition) is 6. The third-order valence-corrected chi connectivity index (χ3v) is 7.01. The molecule has 0 heterocycles. The maximum atomic E-state index is 14.6. The van der Waals surface area contributed by atoms with Crippen molar-refractivity contribution < 1.29 is 29.0 Å². The maximum Gasteiger partial charge on any atom is 0.408 e. The molecule has 3 amide bonds. The van der Waals surface area contributed by atoms with Gasteiger partial charge in [-0.3, -0.25) is 9.59 Å². The van der Waals surface area contributed by atoms with Crippen molar-refractivity contribution in [1.29, 1.82) is 0 Å². The number of nitrogens with one attached hydrogen (secondary N) is 2. The van der Waals surface area contributed by atoms with Gasteiger partial charge in [0.25, 0.3) is 5.91 Å². The van der Waals surface area contributed by atoms with Crippen LogP contribution in [0.1, 0.15) is 63.8 Å². The smallest absolute Gasteiger partial charge is 0.408 e. The Kier molecular flexibility index (Phi) is 11.2. The van der Waals surface area contributed by atoms with Gasteiger partial charge < -0.3 is 30.1 Å². The molecular weight excluding hydrogens is 546 g/mol. The Bertz CT molecular complexity index is 1390. The lowest BCUT2D eigenvalue weighted by molar-refractivity contribution is -0.143. The summed E-state index contributed by atoms with van der Waals surface area (Å²) in [5, 5.41) is 16.0. The molecule has 0 aliphatic heterocycles. The van der Waals surface area contributed by atoms with E-state index in [4.69, 9.17) is 9.47 Å². The summed E-state index contributed by atoms with van der Waals surface area (Å²) in [4.78, 5) is 43.2. The fourth-order valence-corrected chi connectivity index (χ4v) is 4.65. The van der Waals surface area contributed by atoms with Gasteiger partial charge in [0.05, 0.1) is 7.11 Å². The average Bonchev–Trinajstić information content (AvgIpc) is 2.96. The van der Waals surface area contributed by atoms with Gasteiger partial charge in [0.2, 0.25) is 5.91 Å². The van der Waals surface area contributed by atoms with Crippen LogP contribution in [0, 0.1) is 6.92 Å². The van der Waals surface area contributed by atoms with Gasteiger partial charge in [0.1, 0.15) is 29.2 Å². The summed E-state index contributed by atoms with van der Waals surface area (Å²) in [5.41, 5.74) is 1.66. The Morgan fingerprint density at radius 2 is 1.63 bits per heavy atom.